The van der Waals surface area contributed by atoms with E-state index in [1.165, 1.54) is 23.1 Å². The van der Waals surface area contributed by atoms with Gasteiger partial charge in [0.25, 0.3) is 5.91 Å². The molecule has 22 heavy (non-hydrogen) atoms. The number of carboxylic acid groups (broad SMARTS) is 1. The number of carbonyl (C=O) groups excluding carboxylic acids is 1. The van der Waals surface area contributed by atoms with Gasteiger partial charge in [-0.25, -0.2) is 4.98 Å². The lowest BCUT2D eigenvalue weighted by molar-refractivity contribution is -0.133. The van der Waals surface area contributed by atoms with Gasteiger partial charge >= 0.3 is 5.97 Å². The van der Waals surface area contributed by atoms with E-state index in [1.54, 1.807) is 5.38 Å². The second-order valence-electron chi connectivity index (χ2n) is 4.49. The van der Waals surface area contributed by atoms with E-state index in [-0.39, 0.29) is 11.7 Å². The number of hydrogen-bond donors (Lipinski definition) is 2. The summed E-state index contributed by atoms with van der Waals surface area (Å²) in [7, 11) is 0. The highest BCUT2D eigenvalue weighted by molar-refractivity contribution is 7.99. The van der Waals surface area contributed by atoms with Gasteiger partial charge in [-0.15, -0.1) is 23.1 Å². The largest absolute Gasteiger partial charge is 0.481 e. The average molecular weight is 336 g/mol. The van der Waals surface area contributed by atoms with E-state index in [1.807, 2.05) is 30.3 Å². The summed E-state index contributed by atoms with van der Waals surface area (Å²) in [6.45, 7) is 0.433. The van der Waals surface area contributed by atoms with E-state index in [2.05, 4.69) is 10.3 Å². The minimum Gasteiger partial charge on any atom is -0.481 e. The van der Waals surface area contributed by atoms with Crippen molar-refractivity contribution in [1.82, 2.24) is 10.3 Å². The van der Waals surface area contributed by atoms with E-state index in [4.69, 9.17) is 5.11 Å². The maximum Gasteiger partial charge on any atom is 0.313 e. The van der Waals surface area contributed by atoms with Crippen LogP contribution in [0.2, 0.25) is 0 Å². The fourth-order valence-corrected chi connectivity index (χ4v) is 3.13. The molecule has 2 rings (SSSR count). The Morgan fingerprint density at radius 1 is 1.27 bits per heavy atom. The number of nitrogens with zero attached hydrogens (tertiary/aromatic N) is 1. The molecule has 0 aliphatic carbocycles. The maximum atomic E-state index is 11.9. The van der Waals surface area contributed by atoms with E-state index >= 15 is 0 Å². The van der Waals surface area contributed by atoms with Crippen LogP contribution in [-0.2, 0) is 11.2 Å². The monoisotopic (exact) mass is 336 g/mol. The summed E-state index contributed by atoms with van der Waals surface area (Å²) in [5.74, 6) is -0.444. The second kappa shape index (κ2) is 8.55. The second-order valence-corrected chi connectivity index (χ2v) is 6.54. The van der Waals surface area contributed by atoms with Gasteiger partial charge in [-0.3, -0.25) is 9.59 Å². The molecule has 7 heteroatoms. The number of hydrogen-bond acceptors (Lipinski definition) is 5. The summed E-state index contributed by atoms with van der Waals surface area (Å²) in [4.78, 5) is 26.6. The zero-order valence-electron chi connectivity index (χ0n) is 11.8. The molecule has 2 aromatic rings. The lowest BCUT2D eigenvalue weighted by Gasteiger charge is -2.02. The molecule has 0 aliphatic heterocycles. The molecular weight excluding hydrogens is 320 g/mol. The highest BCUT2D eigenvalue weighted by Crippen LogP contribution is 2.14. The van der Waals surface area contributed by atoms with Crippen molar-refractivity contribution in [3.8, 4) is 0 Å². The van der Waals surface area contributed by atoms with Crippen LogP contribution in [0.5, 0.6) is 0 Å². The molecular formula is C15H16N2O3S2. The number of benzene rings is 1. The van der Waals surface area contributed by atoms with Crippen molar-refractivity contribution in [3.63, 3.8) is 0 Å². The summed E-state index contributed by atoms with van der Waals surface area (Å²) in [5.41, 5.74) is 1.58. The Kier molecular flexibility index (Phi) is 6.42. The van der Waals surface area contributed by atoms with Gasteiger partial charge in [0.15, 0.2) is 0 Å². The first-order chi connectivity index (χ1) is 10.6. The molecule has 1 heterocycles. The van der Waals surface area contributed by atoms with Crippen molar-refractivity contribution in [2.45, 2.75) is 6.42 Å². The van der Waals surface area contributed by atoms with Crippen LogP contribution in [0.25, 0.3) is 0 Å². The Hall–Kier alpha value is -1.86. The SMILES string of the molecule is O=C(O)CSCCNC(=O)c1csc(Cc2ccccc2)n1. The van der Waals surface area contributed by atoms with Crippen LogP contribution in [0.3, 0.4) is 0 Å². The van der Waals surface area contributed by atoms with Gasteiger partial charge in [-0.1, -0.05) is 30.3 Å². The molecule has 1 amide bonds. The molecule has 1 aromatic heterocycles. The topological polar surface area (TPSA) is 79.3 Å². The van der Waals surface area contributed by atoms with Crippen molar-refractivity contribution in [2.75, 3.05) is 18.1 Å². The molecule has 0 fully saturated rings. The standard InChI is InChI=1S/C15H16N2O3S2/c18-14(19)10-21-7-6-16-15(20)12-9-22-13(17-12)8-11-4-2-1-3-5-11/h1-5,9H,6-8,10H2,(H,16,20)(H,18,19). The van der Waals surface area contributed by atoms with Gasteiger partial charge in [-0.2, -0.15) is 0 Å². The Balaban J connectivity index is 1.78. The number of thiazole rings is 1. The normalized spacial score (nSPS) is 10.4. The Morgan fingerprint density at radius 2 is 2.05 bits per heavy atom. The Morgan fingerprint density at radius 3 is 2.77 bits per heavy atom. The van der Waals surface area contributed by atoms with Crippen LogP contribution in [0.1, 0.15) is 21.1 Å². The fourth-order valence-electron chi connectivity index (χ4n) is 1.75. The van der Waals surface area contributed by atoms with E-state index in [0.29, 0.717) is 24.4 Å². The summed E-state index contributed by atoms with van der Waals surface area (Å²) in [5, 5.41) is 13.9. The zero-order valence-corrected chi connectivity index (χ0v) is 13.5. The van der Waals surface area contributed by atoms with Gasteiger partial charge in [0.1, 0.15) is 5.69 Å². The lowest BCUT2D eigenvalue weighted by atomic mass is 10.2. The van der Waals surface area contributed by atoms with E-state index in [9.17, 15) is 9.59 Å². The molecule has 0 aliphatic rings. The van der Waals surface area contributed by atoms with Crippen molar-refractivity contribution in [2.24, 2.45) is 0 Å². The van der Waals surface area contributed by atoms with Crippen molar-refractivity contribution in [1.29, 1.82) is 0 Å². The number of carboxylic acids is 1. The van der Waals surface area contributed by atoms with E-state index in [0.717, 1.165) is 10.6 Å². The van der Waals surface area contributed by atoms with Crippen molar-refractivity contribution >= 4 is 35.0 Å². The molecule has 0 atom stereocenters. The van der Waals surface area contributed by atoms with Crippen LogP contribution < -0.4 is 5.32 Å². The molecule has 2 N–H and O–H groups in total. The third kappa shape index (κ3) is 5.50. The first-order valence-electron chi connectivity index (χ1n) is 6.71. The third-order valence-electron chi connectivity index (χ3n) is 2.74. The minimum absolute atomic E-state index is 0.0494. The molecule has 116 valence electrons. The quantitative estimate of drug-likeness (QED) is 0.723. The van der Waals surface area contributed by atoms with Crippen LogP contribution >= 0.6 is 23.1 Å². The lowest BCUT2D eigenvalue weighted by Crippen LogP contribution is -2.26. The Bertz CT molecular complexity index is 629. The molecule has 0 bridgehead atoms. The summed E-state index contributed by atoms with van der Waals surface area (Å²) in [6, 6.07) is 9.98. The van der Waals surface area contributed by atoms with Gasteiger partial charge in [0.2, 0.25) is 0 Å². The first-order valence-corrected chi connectivity index (χ1v) is 8.74. The summed E-state index contributed by atoms with van der Waals surface area (Å²) in [6.07, 6.45) is 0.716. The molecule has 1 aromatic carbocycles. The molecule has 0 unspecified atom stereocenters. The molecule has 0 radical (unpaired) electrons. The average Bonchev–Trinajstić information content (AvgIpc) is 2.96. The maximum absolute atomic E-state index is 11.9. The predicted octanol–water partition coefficient (Wildman–Crippen LogP) is 2.28. The zero-order chi connectivity index (χ0) is 15.8. The number of nitrogens with one attached hydrogen (secondary N) is 1. The van der Waals surface area contributed by atoms with Gasteiger partial charge < -0.3 is 10.4 Å². The number of aliphatic carboxylic acids is 1. The van der Waals surface area contributed by atoms with Crippen LogP contribution in [-0.4, -0.2) is 40.0 Å². The highest BCUT2D eigenvalue weighted by Gasteiger charge is 2.10. The Labute approximate surface area is 136 Å². The smallest absolute Gasteiger partial charge is 0.313 e. The highest BCUT2D eigenvalue weighted by atomic mass is 32.2. The van der Waals surface area contributed by atoms with Crippen molar-refractivity contribution in [3.05, 3.63) is 52.0 Å². The summed E-state index contributed by atoms with van der Waals surface area (Å²) < 4.78 is 0. The first kappa shape index (κ1) is 16.5. The van der Waals surface area contributed by atoms with Gasteiger partial charge in [0.05, 0.1) is 10.8 Å². The number of aromatic nitrogens is 1. The molecule has 0 saturated carbocycles. The number of amides is 1. The minimum atomic E-state index is -0.846. The van der Waals surface area contributed by atoms with E-state index < -0.39 is 5.97 Å². The molecule has 0 saturated heterocycles. The van der Waals surface area contributed by atoms with Crippen LogP contribution in [0.15, 0.2) is 35.7 Å². The number of thioether (sulfide) groups is 1. The molecule has 5 nitrogen and oxygen atoms in total. The third-order valence-corrected chi connectivity index (χ3v) is 4.53. The predicted molar refractivity (Wildman–Crippen MR) is 88.7 cm³/mol. The number of rotatable bonds is 8. The molecule has 0 spiro atoms. The summed E-state index contributed by atoms with van der Waals surface area (Å²) >= 11 is 2.74. The van der Waals surface area contributed by atoms with Crippen molar-refractivity contribution < 1.29 is 14.7 Å². The van der Waals surface area contributed by atoms with Crippen LogP contribution in [0.4, 0.5) is 0 Å². The number of carbonyl (C=O) groups is 2. The fraction of sp³-hybridized carbons (Fsp3) is 0.267. The van der Waals surface area contributed by atoms with Gasteiger partial charge in [0, 0.05) is 24.1 Å². The van der Waals surface area contributed by atoms with Gasteiger partial charge in [-0.05, 0) is 5.56 Å². The van der Waals surface area contributed by atoms with Crippen LogP contribution in [0, 0.1) is 0 Å².